The van der Waals surface area contributed by atoms with Crippen LogP contribution >= 0.6 is 15.9 Å². The zero-order valence-corrected chi connectivity index (χ0v) is 11.3. The molecule has 4 heteroatoms. The molecule has 0 amide bonds. The Kier molecular flexibility index (Phi) is 2.76. The summed E-state index contributed by atoms with van der Waals surface area (Å²) in [6, 6.07) is 8.41. The molecule has 17 heavy (non-hydrogen) atoms. The lowest BCUT2D eigenvalue weighted by molar-refractivity contribution is 0.269. The van der Waals surface area contributed by atoms with Crippen LogP contribution in [0.3, 0.4) is 0 Å². The van der Waals surface area contributed by atoms with Gasteiger partial charge in [0.05, 0.1) is 11.9 Å². The number of rotatable bonds is 2. The number of hydrogen-bond donors (Lipinski definition) is 0. The average molecular weight is 292 g/mol. The maximum Gasteiger partial charge on any atom is 0.0566 e. The van der Waals surface area contributed by atoms with Crippen molar-refractivity contribution in [3.8, 4) is 0 Å². The third kappa shape index (κ3) is 2.03. The van der Waals surface area contributed by atoms with E-state index < -0.39 is 0 Å². The minimum atomic E-state index is 0.982. The number of aromatic nitrogens is 2. The fourth-order valence-electron chi connectivity index (χ4n) is 2.33. The molecule has 1 aromatic heterocycles. The molecule has 1 aliphatic heterocycles. The molecule has 2 aromatic rings. The van der Waals surface area contributed by atoms with Crippen LogP contribution in [0.4, 0.5) is 0 Å². The predicted molar refractivity (Wildman–Crippen MR) is 70.3 cm³/mol. The van der Waals surface area contributed by atoms with Crippen molar-refractivity contribution in [2.24, 2.45) is 7.05 Å². The second-order valence-corrected chi connectivity index (χ2v) is 5.33. The van der Waals surface area contributed by atoms with Gasteiger partial charge in [0, 0.05) is 36.7 Å². The molecule has 1 aliphatic rings. The van der Waals surface area contributed by atoms with Crippen molar-refractivity contribution in [1.29, 1.82) is 0 Å². The smallest absolute Gasteiger partial charge is 0.0566 e. The quantitative estimate of drug-likeness (QED) is 0.848. The summed E-state index contributed by atoms with van der Waals surface area (Å²) < 4.78 is 3.17. The molecule has 0 aliphatic carbocycles. The van der Waals surface area contributed by atoms with Crippen LogP contribution < -0.4 is 0 Å². The van der Waals surface area contributed by atoms with Crippen molar-refractivity contribution in [1.82, 2.24) is 14.7 Å². The minimum absolute atomic E-state index is 0.982. The van der Waals surface area contributed by atoms with E-state index >= 15 is 0 Å². The van der Waals surface area contributed by atoms with Crippen molar-refractivity contribution in [2.45, 2.75) is 19.6 Å². The van der Waals surface area contributed by atoms with E-state index in [2.05, 4.69) is 50.2 Å². The second kappa shape index (κ2) is 4.27. The van der Waals surface area contributed by atoms with Crippen molar-refractivity contribution in [3.63, 3.8) is 0 Å². The van der Waals surface area contributed by atoms with Gasteiger partial charge in [0.1, 0.15) is 0 Å². The van der Waals surface area contributed by atoms with Gasteiger partial charge in [0.15, 0.2) is 0 Å². The first-order valence-corrected chi connectivity index (χ1v) is 6.49. The van der Waals surface area contributed by atoms with Gasteiger partial charge in [-0.1, -0.05) is 34.1 Å². The Hall–Kier alpha value is -1.13. The molecular formula is C13H14BrN3. The first-order valence-electron chi connectivity index (χ1n) is 5.69. The zero-order chi connectivity index (χ0) is 11.8. The van der Waals surface area contributed by atoms with Crippen LogP contribution in [0.5, 0.6) is 0 Å². The summed E-state index contributed by atoms with van der Waals surface area (Å²) >= 11 is 3.60. The minimum Gasteiger partial charge on any atom is -0.289 e. The maximum atomic E-state index is 4.28. The highest BCUT2D eigenvalue weighted by molar-refractivity contribution is 9.10. The fraction of sp³-hybridized carbons (Fsp3) is 0.308. The van der Waals surface area contributed by atoms with Crippen molar-refractivity contribution >= 4 is 15.9 Å². The summed E-state index contributed by atoms with van der Waals surface area (Å²) in [5.74, 6) is 0. The molecule has 3 rings (SSSR count). The number of fused-ring (bicyclic) bond motifs is 1. The molecule has 0 saturated carbocycles. The van der Waals surface area contributed by atoms with Gasteiger partial charge >= 0.3 is 0 Å². The van der Waals surface area contributed by atoms with Crippen LogP contribution in [-0.4, -0.2) is 14.7 Å². The molecule has 0 atom stereocenters. The van der Waals surface area contributed by atoms with E-state index in [-0.39, 0.29) is 0 Å². The van der Waals surface area contributed by atoms with Crippen LogP contribution in [0.1, 0.15) is 16.8 Å². The first-order chi connectivity index (χ1) is 8.24. The lowest BCUT2D eigenvalue weighted by Crippen LogP contribution is -2.17. The van der Waals surface area contributed by atoms with Gasteiger partial charge in [0.2, 0.25) is 0 Å². The third-order valence-corrected chi connectivity index (χ3v) is 4.04. The molecule has 0 radical (unpaired) electrons. The largest absolute Gasteiger partial charge is 0.289 e. The Labute approximate surface area is 109 Å². The molecule has 0 spiro atoms. The maximum absolute atomic E-state index is 4.28. The van der Waals surface area contributed by atoms with Gasteiger partial charge in [0.25, 0.3) is 0 Å². The van der Waals surface area contributed by atoms with E-state index in [1.54, 1.807) is 0 Å². The van der Waals surface area contributed by atoms with E-state index in [1.165, 1.54) is 21.3 Å². The second-order valence-electron chi connectivity index (χ2n) is 4.48. The van der Waals surface area contributed by atoms with Crippen molar-refractivity contribution in [3.05, 3.63) is 51.8 Å². The Balaban J connectivity index is 1.76. The highest BCUT2D eigenvalue weighted by Gasteiger charge is 2.22. The van der Waals surface area contributed by atoms with Crippen LogP contribution in [0.25, 0.3) is 0 Å². The molecule has 2 heterocycles. The van der Waals surface area contributed by atoms with E-state index in [1.807, 2.05) is 17.9 Å². The van der Waals surface area contributed by atoms with Crippen LogP contribution in [0, 0.1) is 0 Å². The Morgan fingerprint density at radius 1 is 1.29 bits per heavy atom. The SMILES string of the molecule is Cn1ncc2c1CN(Cc1ccccc1Br)C2. The van der Waals surface area contributed by atoms with Gasteiger partial charge in [-0.15, -0.1) is 0 Å². The van der Waals surface area contributed by atoms with Gasteiger partial charge < -0.3 is 0 Å². The Morgan fingerprint density at radius 3 is 2.88 bits per heavy atom. The predicted octanol–water partition coefficient (Wildman–Crippen LogP) is 2.70. The van der Waals surface area contributed by atoms with E-state index in [4.69, 9.17) is 0 Å². The highest BCUT2D eigenvalue weighted by atomic mass is 79.9. The zero-order valence-electron chi connectivity index (χ0n) is 9.73. The monoisotopic (exact) mass is 291 g/mol. The van der Waals surface area contributed by atoms with Crippen LogP contribution in [-0.2, 0) is 26.7 Å². The lowest BCUT2D eigenvalue weighted by atomic mass is 10.2. The number of aryl methyl sites for hydroxylation is 1. The summed E-state index contributed by atoms with van der Waals surface area (Å²) in [5.41, 5.74) is 4.05. The number of nitrogens with zero attached hydrogens (tertiary/aromatic N) is 3. The van der Waals surface area contributed by atoms with Crippen LogP contribution in [0.2, 0.25) is 0 Å². The van der Waals surface area contributed by atoms with Crippen molar-refractivity contribution in [2.75, 3.05) is 0 Å². The standard InChI is InChI=1S/C13H14BrN3/c1-16-13-9-17(8-11(13)6-15-16)7-10-4-2-3-5-12(10)14/h2-6H,7-9H2,1H3. The van der Waals surface area contributed by atoms with E-state index in [0.29, 0.717) is 0 Å². The van der Waals surface area contributed by atoms with Gasteiger partial charge in [-0.3, -0.25) is 9.58 Å². The summed E-state index contributed by atoms with van der Waals surface area (Å²) in [5, 5.41) is 4.28. The Morgan fingerprint density at radius 2 is 2.12 bits per heavy atom. The van der Waals surface area contributed by atoms with Crippen LogP contribution in [0.15, 0.2) is 34.9 Å². The topological polar surface area (TPSA) is 21.1 Å². The molecule has 0 bridgehead atoms. The number of benzene rings is 1. The lowest BCUT2D eigenvalue weighted by Gasteiger charge is -2.16. The molecule has 0 fully saturated rings. The van der Waals surface area contributed by atoms with E-state index in [9.17, 15) is 0 Å². The van der Waals surface area contributed by atoms with E-state index in [0.717, 1.165) is 19.6 Å². The average Bonchev–Trinajstić information content (AvgIpc) is 2.85. The summed E-state index contributed by atoms with van der Waals surface area (Å²) in [4.78, 5) is 2.44. The summed E-state index contributed by atoms with van der Waals surface area (Å²) in [6.07, 6.45) is 1.98. The van der Waals surface area contributed by atoms with Crippen molar-refractivity contribution < 1.29 is 0 Å². The molecule has 1 aromatic carbocycles. The fourth-order valence-corrected chi connectivity index (χ4v) is 2.74. The molecule has 0 saturated heterocycles. The number of hydrogen-bond acceptors (Lipinski definition) is 2. The summed E-state index contributed by atoms with van der Waals surface area (Å²) in [6.45, 7) is 2.98. The Bertz CT molecular complexity index is 547. The molecule has 0 N–H and O–H groups in total. The van der Waals surface area contributed by atoms with Gasteiger partial charge in [-0.2, -0.15) is 5.10 Å². The van der Waals surface area contributed by atoms with Gasteiger partial charge in [-0.25, -0.2) is 0 Å². The highest BCUT2D eigenvalue weighted by Crippen LogP contribution is 2.25. The van der Waals surface area contributed by atoms with Gasteiger partial charge in [-0.05, 0) is 11.6 Å². The first kappa shape index (κ1) is 11.0. The summed E-state index contributed by atoms with van der Waals surface area (Å²) in [7, 11) is 2.01. The molecular weight excluding hydrogens is 278 g/mol. The molecule has 0 unspecified atom stereocenters. The third-order valence-electron chi connectivity index (χ3n) is 3.27. The molecule has 88 valence electrons. The molecule has 3 nitrogen and oxygen atoms in total. The number of halogens is 1. The normalized spacial score (nSPS) is 15.2.